The van der Waals surface area contributed by atoms with Gasteiger partial charge in [0, 0.05) is 37.8 Å². The number of hydrogen-bond acceptors (Lipinski definition) is 7. The Bertz CT molecular complexity index is 898. The van der Waals surface area contributed by atoms with Crippen LogP contribution < -0.4 is 9.80 Å². The van der Waals surface area contributed by atoms with Crippen molar-refractivity contribution in [1.82, 2.24) is 9.97 Å². The summed E-state index contributed by atoms with van der Waals surface area (Å²) >= 11 is 0. The van der Waals surface area contributed by atoms with Gasteiger partial charge in [-0.25, -0.2) is 13.4 Å². The molecule has 1 aromatic heterocycles. The molecule has 3 heterocycles. The highest BCUT2D eigenvalue weighted by Crippen LogP contribution is 2.27. The molecule has 1 aromatic carbocycles. The Hall–Kier alpha value is -2.19. The lowest BCUT2D eigenvalue weighted by atomic mass is 10.1. The summed E-state index contributed by atoms with van der Waals surface area (Å²) in [6.07, 6.45) is 0.616. The number of hydrogen-bond donors (Lipinski definition) is 0. The summed E-state index contributed by atoms with van der Waals surface area (Å²) in [5, 5.41) is 0. The molecule has 7 nitrogen and oxygen atoms in total. The molecule has 0 radical (unpaired) electrons. The van der Waals surface area contributed by atoms with Crippen molar-refractivity contribution in [3.8, 4) is 11.3 Å². The standard InChI is InChI=1S/C19H24N4O3S/c1-22(16-7-12-27(24,25)14-16)19-20-17(15-5-3-2-4-6-15)13-18(21-19)23-8-10-26-11-9-23/h2-6,13,16H,7-12,14H2,1H3. The van der Waals surface area contributed by atoms with Crippen molar-refractivity contribution < 1.29 is 13.2 Å². The van der Waals surface area contributed by atoms with Crippen LogP contribution in [0.25, 0.3) is 11.3 Å². The molecule has 2 aromatic rings. The second kappa shape index (κ2) is 7.44. The molecule has 0 saturated carbocycles. The molecule has 0 aliphatic carbocycles. The number of anilines is 2. The third-order valence-electron chi connectivity index (χ3n) is 5.18. The Morgan fingerprint density at radius 2 is 1.89 bits per heavy atom. The van der Waals surface area contributed by atoms with Crippen LogP contribution in [0.3, 0.4) is 0 Å². The fourth-order valence-corrected chi connectivity index (χ4v) is 5.31. The van der Waals surface area contributed by atoms with Crippen molar-refractivity contribution in [3.63, 3.8) is 0 Å². The van der Waals surface area contributed by atoms with Crippen LogP contribution in [0.15, 0.2) is 36.4 Å². The van der Waals surface area contributed by atoms with E-state index in [0.717, 1.165) is 30.2 Å². The summed E-state index contributed by atoms with van der Waals surface area (Å²) in [7, 11) is -1.08. The number of ether oxygens (including phenoxy) is 1. The Morgan fingerprint density at radius 1 is 1.15 bits per heavy atom. The summed E-state index contributed by atoms with van der Waals surface area (Å²) in [5.74, 6) is 1.82. The lowest BCUT2D eigenvalue weighted by Crippen LogP contribution is -2.38. The molecular formula is C19H24N4O3S. The van der Waals surface area contributed by atoms with Crippen molar-refractivity contribution in [1.29, 1.82) is 0 Å². The molecule has 1 unspecified atom stereocenters. The molecular weight excluding hydrogens is 364 g/mol. The van der Waals surface area contributed by atoms with Crippen molar-refractivity contribution in [2.24, 2.45) is 0 Å². The molecule has 4 rings (SSSR count). The average Bonchev–Trinajstić information content (AvgIpc) is 3.08. The van der Waals surface area contributed by atoms with Gasteiger partial charge >= 0.3 is 0 Å². The minimum atomic E-state index is -2.97. The van der Waals surface area contributed by atoms with Gasteiger partial charge in [-0.2, -0.15) is 4.98 Å². The van der Waals surface area contributed by atoms with Gasteiger partial charge < -0.3 is 14.5 Å². The van der Waals surface area contributed by atoms with E-state index in [1.165, 1.54) is 0 Å². The summed E-state index contributed by atoms with van der Waals surface area (Å²) in [6.45, 7) is 2.92. The van der Waals surface area contributed by atoms with Crippen LogP contribution in [0.4, 0.5) is 11.8 Å². The maximum atomic E-state index is 11.9. The van der Waals surface area contributed by atoms with E-state index in [1.54, 1.807) is 0 Å². The number of sulfone groups is 1. The highest BCUT2D eigenvalue weighted by Gasteiger charge is 2.32. The number of rotatable bonds is 4. The van der Waals surface area contributed by atoms with Gasteiger partial charge in [0.15, 0.2) is 9.84 Å². The zero-order valence-corrected chi connectivity index (χ0v) is 16.2. The van der Waals surface area contributed by atoms with Crippen LogP contribution in [0.1, 0.15) is 6.42 Å². The largest absolute Gasteiger partial charge is 0.378 e. The molecule has 27 heavy (non-hydrogen) atoms. The van der Waals surface area contributed by atoms with E-state index < -0.39 is 9.84 Å². The molecule has 0 N–H and O–H groups in total. The van der Waals surface area contributed by atoms with Gasteiger partial charge in [-0.15, -0.1) is 0 Å². The third kappa shape index (κ3) is 4.06. The summed E-state index contributed by atoms with van der Waals surface area (Å²) in [4.78, 5) is 13.6. The Morgan fingerprint density at radius 3 is 2.56 bits per heavy atom. The van der Waals surface area contributed by atoms with E-state index in [2.05, 4.69) is 4.90 Å². The van der Waals surface area contributed by atoms with Crippen LogP contribution in [0, 0.1) is 0 Å². The van der Waals surface area contributed by atoms with Crippen LogP contribution >= 0.6 is 0 Å². The van der Waals surface area contributed by atoms with Gasteiger partial charge in [0.25, 0.3) is 0 Å². The molecule has 144 valence electrons. The van der Waals surface area contributed by atoms with Gasteiger partial charge in [0.1, 0.15) is 5.82 Å². The van der Waals surface area contributed by atoms with Gasteiger partial charge in [-0.1, -0.05) is 30.3 Å². The molecule has 1 atom stereocenters. The molecule has 0 amide bonds. The van der Waals surface area contributed by atoms with Gasteiger partial charge in [-0.05, 0) is 6.42 Å². The molecule has 0 spiro atoms. The normalized spacial score (nSPS) is 22.0. The fraction of sp³-hybridized carbons (Fsp3) is 0.474. The smallest absolute Gasteiger partial charge is 0.227 e. The van der Waals surface area contributed by atoms with Crippen molar-refractivity contribution in [3.05, 3.63) is 36.4 Å². The predicted molar refractivity (Wildman–Crippen MR) is 106 cm³/mol. The van der Waals surface area contributed by atoms with Crippen molar-refractivity contribution in [2.75, 3.05) is 54.7 Å². The second-order valence-electron chi connectivity index (χ2n) is 7.04. The molecule has 2 fully saturated rings. The summed E-state index contributed by atoms with van der Waals surface area (Å²) < 4.78 is 29.2. The lowest BCUT2D eigenvalue weighted by molar-refractivity contribution is 0.122. The zero-order chi connectivity index (χ0) is 18.9. The molecule has 0 bridgehead atoms. The molecule has 2 saturated heterocycles. The highest BCUT2D eigenvalue weighted by molar-refractivity contribution is 7.91. The Kier molecular flexibility index (Phi) is 5.01. The summed E-state index contributed by atoms with van der Waals surface area (Å²) in [6, 6.07) is 11.9. The van der Waals surface area contributed by atoms with Crippen LogP contribution in [0.2, 0.25) is 0 Å². The first-order valence-electron chi connectivity index (χ1n) is 9.22. The lowest BCUT2D eigenvalue weighted by Gasteiger charge is -2.30. The fourth-order valence-electron chi connectivity index (χ4n) is 3.54. The number of nitrogens with zero attached hydrogens (tertiary/aromatic N) is 4. The van der Waals surface area contributed by atoms with E-state index in [-0.39, 0.29) is 17.5 Å². The second-order valence-corrected chi connectivity index (χ2v) is 9.27. The van der Waals surface area contributed by atoms with E-state index in [1.807, 2.05) is 48.3 Å². The Labute approximate surface area is 159 Å². The third-order valence-corrected chi connectivity index (χ3v) is 6.93. The van der Waals surface area contributed by atoms with Crippen LogP contribution in [0.5, 0.6) is 0 Å². The monoisotopic (exact) mass is 388 g/mol. The van der Waals surface area contributed by atoms with Crippen molar-refractivity contribution in [2.45, 2.75) is 12.5 Å². The first kappa shape index (κ1) is 18.2. The van der Waals surface area contributed by atoms with Gasteiger partial charge in [0.2, 0.25) is 5.95 Å². The quantitative estimate of drug-likeness (QED) is 0.787. The van der Waals surface area contributed by atoms with E-state index in [4.69, 9.17) is 14.7 Å². The van der Waals surface area contributed by atoms with Crippen LogP contribution in [-0.2, 0) is 14.6 Å². The number of morpholine rings is 1. The highest BCUT2D eigenvalue weighted by atomic mass is 32.2. The molecule has 2 aliphatic rings. The zero-order valence-electron chi connectivity index (χ0n) is 15.4. The topological polar surface area (TPSA) is 75.6 Å². The van der Waals surface area contributed by atoms with Crippen molar-refractivity contribution >= 4 is 21.6 Å². The Balaban J connectivity index is 1.71. The maximum Gasteiger partial charge on any atom is 0.227 e. The molecule has 2 aliphatic heterocycles. The number of benzene rings is 1. The van der Waals surface area contributed by atoms with E-state index in [9.17, 15) is 8.42 Å². The SMILES string of the molecule is CN(c1nc(-c2ccccc2)cc(N2CCOCC2)n1)C1CCS(=O)(=O)C1. The van der Waals surface area contributed by atoms with Gasteiger partial charge in [0.05, 0.1) is 30.4 Å². The first-order valence-corrected chi connectivity index (χ1v) is 11.0. The van der Waals surface area contributed by atoms with Gasteiger partial charge in [-0.3, -0.25) is 0 Å². The molecule has 8 heteroatoms. The minimum Gasteiger partial charge on any atom is -0.378 e. The van der Waals surface area contributed by atoms with Crippen LogP contribution in [-0.4, -0.2) is 69.3 Å². The minimum absolute atomic E-state index is 0.0847. The maximum absolute atomic E-state index is 11.9. The predicted octanol–water partition coefficient (Wildman–Crippen LogP) is 1.60. The summed E-state index contributed by atoms with van der Waals surface area (Å²) in [5.41, 5.74) is 1.86. The first-order chi connectivity index (χ1) is 13.0. The van der Waals surface area contributed by atoms with E-state index in [0.29, 0.717) is 25.6 Å². The number of aromatic nitrogens is 2. The van der Waals surface area contributed by atoms with E-state index >= 15 is 0 Å². The average molecular weight is 388 g/mol.